The second-order valence-corrected chi connectivity index (χ2v) is 9.84. The van der Waals surface area contributed by atoms with Crippen molar-refractivity contribution in [3.05, 3.63) is 169 Å². The van der Waals surface area contributed by atoms with Gasteiger partial charge in [0.25, 0.3) is 0 Å². The van der Waals surface area contributed by atoms with Gasteiger partial charge in [-0.1, -0.05) is 151 Å². The van der Waals surface area contributed by atoms with Crippen LogP contribution in [0.4, 0.5) is 0 Å². The van der Waals surface area contributed by atoms with Crippen molar-refractivity contribution < 1.29 is 37.3 Å². The van der Waals surface area contributed by atoms with Crippen molar-refractivity contribution in [2.24, 2.45) is 0 Å². The van der Waals surface area contributed by atoms with Crippen LogP contribution in [0.5, 0.6) is 0 Å². The topological polar surface area (TPSA) is 13.1 Å². The highest BCUT2D eigenvalue weighted by molar-refractivity contribution is 6.21. The fraction of sp³-hybridized carbons (Fsp3) is 0. The molecule has 0 amide bonds. The van der Waals surface area contributed by atoms with E-state index in [-0.39, 0.29) is 49.4 Å². The minimum Gasteiger partial charge on any atom is -0.455 e. The zero-order valence-electron chi connectivity index (χ0n) is 46.7. The minimum atomic E-state index is -0.833. The molecule has 45 heavy (non-hydrogen) atoms. The molecule has 1 heterocycles. The summed E-state index contributed by atoms with van der Waals surface area (Å²) in [5.41, 5.74) is -3.59. The molecule has 9 rings (SSSR count). The lowest BCUT2D eigenvalue weighted by Crippen LogP contribution is -1.91. The molecule has 1 nitrogen and oxygen atoms in total. The lowest BCUT2D eigenvalue weighted by atomic mass is 9.85. The average molecular weight is 597 g/mol. The predicted molar refractivity (Wildman–Crippen MR) is 190 cm³/mol. The van der Waals surface area contributed by atoms with Gasteiger partial charge in [0.15, 0.2) is 0 Å². The van der Waals surface area contributed by atoms with Crippen LogP contribution in [0.3, 0.4) is 0 Å². The monoisotopic (exact) mass is 596 g/mol. The molecule has 0 N–H and O–H groups in total. The van der Waals surface area contributed by atoms with Crippen LogP contribution in [0.2, 0.25) is 0 Å². The largest absolute Gasteiger partial charge is 0.455 e. The number of fused-ring (bicyclic) bond motifs is 5. The average Bonchev–Trinajstić information content (AvgIpc) is 3.73. The summed E-state index contributed by atoms with van der Waals surface area (Å²) in [7, 11) is 0. The fourth-order valence-corrected chi connectivity index (χ4v) is 5.49. The van der Waals surface area contributed by atoms with Gasteiger partial charge >= 0.3 is 0 Å². The van der Waals surface area contributed by atoms with Crippen LogP contribution in [-0.4, -0.2) is 0 Å². The van der Waals surface area contributed by atoms with Crippen molar-refractivity contribution >= 4 is 43.5 Å². The van der Waals surface area contributed by atoms with E-state index in [2.05, 4.69) is 0 Å². The van der Waals surface area contributed by atoms with E-state index in [1.165, 1.54) is 24.3 Å². The van der Waals surface area contributed by atoms with Crippen LogP contribution in [-0.2, 0) is 0 Å². The number of para-hydroxylation sites is 1. The molecule has 0 spiro atoms. The Kier molecular flexibility index (Phi) is 2.58. The first-order valence-corrected chi connectivity index (χ1v) is 13.5. The molecule has 0 atom stereocenters. The number of hydrogen-bond acceptors (Lipinski definition) is 1. The van der Waals surface area contributed by atoms with Crippen molar-refractivity contribution in [3.8, 4) is 44.5 Å². The minimum absolute atomic E-state index is 0.0114. The SMILES string of the molecule is [2H]c1c([2H])c([2H])c(-c2c([2H])c([2H])c3oc4c(-c5cccc(-c6c7c([2H])c([2H])c([2H])c([2H])c7c(-c7c([2H])c([2H])c([2H])c([2H])c7[2H])c7c([2H])c([2H])c([2H])c([2H])c67)c5)c([2H])c([2H])c([2H])c4c3c2[2H])c([2H])c1[2H]. The molecule has 0 fully saturated rings. The van der Waals surface area contributed by atoms with Gasteiger partial charge in [0, 0.05) is 16.3 Å². The Labute approximate surface area is 295 Å². The molecular weight excluding hydrogens is 544 g/mol. The second-order valence-electron chi connectivity index (χ2n) is 9.84. The molecule has 8 aromatic carbocycles. The highest BCUT2D eigenvalue weighted by Crippen LogP contribution is 2.45. The summed E-state index contributed by atoms with van der Waals surface area (Å²) in [6, 6.07) is -12.9. The molecule has 0 aliphatic rings. The van der Waals surface area contributed by atoms with E-state index >= 15 is 0 Å². The predicted octanol–water partition coefficient (Wildman–Crippen LogP) is 12.6. The second kappa shape index (κ2) is 10.4. The number of benzene rings is 8. The molecular formula is C44H28O. The summed E-state index contributed by atoms with van der Waals surface area (Å²) in [4.78, 5) is 0. The fourth-order valence-electron chi connectivity index (χ4n) is 5.49. The Bertz CT molecular complexity index is 3750. The van der Waals surface area contributed by atoms with Gasteiger partial charge < -0.3 is 4.42 Å². The first-order valence-electron chi connectivity index (χ1n) is 25.5. The van der Waals surface area contributed by atoms with Gasteiger partial charge in [0.2, 0.25) is 0 Å². The lowest BCUT2D eigenvalue weighted by molar-refractivity contribution is 0.670. The van der Waals surface area contributed by atoms with Gasteiger partial charge in [0.05, 0.1) is 32.9 Å². The first-order chi connectivity index (χ1) is 32.3. The third kappa shape index (κ3) is 4.17. The summed E-state index contributed by atoms with van der Waals surface area (Å²) < 4.78 is 217. The van der Waals surface area contributed by atoms with Crippen molar-refractivity contribution in [2.45, 2.75) is 0 Å². The van der Waals surface area contributed by atoms with Gasteiger partial charge in [-0.15, -0.1) is 0 Å². The standard InChI is InChI=1S/C44H28O/c1-3-13-29(14-4-1)31-25-26-41-40(28-31)39-24-12-23-34(44(39)45-41)32-17-11-18-33(27-32)43-37-21-9-7-19-35(37)42(30-15-5-2-6-16-30)36-20-8-10-22-38(36)43/h1-28H/i1D,2D,3D,4D,5D,6D,7D,8D,9D,10D,12D,13D,14D,15D,16D,19D,20D,21D,22D,23D,24D,25D,26D,28D. The van der Waals surface area contributed by atoms with Crippen LogP contribution in [0.1, 0.15) is 32.9 Å². The zero-order chi connectivity index (χ0) is 50.6. The van der Waals surface area contributed by atoms with Gasteiger partial charge in [0.1, 0.15) is 11.2 Å². The molecule has 0 aliphatic carbocycles. The Morgan fingerprint density at radius 3 is 1.62 bits per heavy atom. The highest BCUT2D eigenvalue weighted by Gasteiger charge is 2.18. The van der Waals surface area contributed by atoms with E-state index in [0.717, 1.165) is 0 Å². The maximum atomic E-state index is 9.31. The summed E-state index contributed by atoms with van der Waals surface area (Å²) in [5.74, 6) is 0. The summed E-state index contributed by atoms with van der Waals surface area (Å²) in [6.07, 6.45) is 0. The first kappa shape index (κ1) is 11.2. The van der Waals surface area contributed by atoms with Crippen molar-refractivity contribution in [1.82, 2.24) is 0 Å². The number of hydrogen-bond donors (Lipinski definition) is 0. The van der Waals surface area contributed by atoms with Gasteiger partial charge in [-0.3, -0.25) is 0 Å². The number of rotatable bonds is 4. The van der Waals surface area contributed by atoms with E-state index in [1.807, 2.05) is 0 Å². The molecule has 210 valence electrons. The molecule has 9 aromatic rings. The molecule has 0 radical (unpaired) electrons. The van der Waals surface area contributed by atoms with E-state index < -0.39 is 184 Å². The van der Waals surface area contributed by atoms with E-state index in [0.29, 0.717) is 0 Å². The molecule has 0 saturated heterocycles. The van der Waals surface area contributed by atoms with Gasteiger partial charge in [-0.25, -0.2) is 0 Å². The van der Waals surface area contributed by atoms with Gasteiger partial charge in [-0.2, -0.15) is 0 Å². The van der Waals surface area contributed by atoms with Gasteiger partial charge in [-0.05, 0) is 78.6 Å². The summed E-state index contributed by atoms with van der Waals surface area (Å²) in [5, 5.41) is -2.37. The normalized spacial score (nSPS) is 19.0. The van der Waals surface area contributed by atoms with Crippen LogP contribution < -0.4 is 0 Å². The van der Waals surface area contributed by atoms with Crippen LogP contribution in [0.25, 0.3) is 88.0 Å². The van der Waals surface area contributed by atoms with Crippen LogP contribution in [0, 0.1) is 0 Å². The molecule has 0 saturated carbocycles. The highest BCUT2D eigenvalue weighted by atomic mass is 16.3. The zero-order valence-corrected chi connectivity index (χ0v) is 22.7. The van der Waals surface area contributed by atoms with Crippen molar-refractivity contribution in [3.63, 3.8) is 0 Å². The Balaban J connectivity index is 1.45. The maximum Gasteiger partial charge on any atom is 0.143 e. The van der Waals surface area contributed by atoms with E-state index in [9.17, 15) is 6.85 Å². The van der Waals surface area contributed by atoms with E-state index in [4.69, 9.17) is 30.5 Å². The molecule has 0 unspecified atom stereocenters. The van der Waals surface area contributed by atoms with Crippen molar-refractivity contribution in [2.75, 3.05) is 0 Å². The summed E-state index contributed by atoms with van der Waals surface area (Å²) in [6.45, 7) is 0. The number of furan rings is 1. The Hall–Kier alpha value is -5.92. The van der Waals surface area contributed by atoms with Crippen molar-refractivity contribution in [1.29, 1.82) is 0 Å². The Morgan fingerprint density at radius 1 is 0.400 bits per heavy atom. The lowest BCUT2D eigenvalue weighted by Gasteiger charge is -2.18. The molecule has 1 heteroatoms. The molecule has 0 aliphatic heterocycles. The third-order valence-electron chi connectivity index (χ3n) is 7.38. The quantitative estimate of drug-likeness (QED) is 0.184. The third-order valence-corrected chi connectivity index (χ3v) is 7.38. The maximum absolute atomic E-state index is 9.31. The van der Waals surface area contributed by atoms with Crippen LogP contribution in [0.15, 0.2) is 174 Å². The molecule has 0 bridgehead atoms. The molecule has 1 aromatic heterocycles. The summed E-state index contributed by atoms with van der Waals surface area (Å²) >= 11 is 0. The Morgan fingerprint density at radius 2 is 0.956 bits per heavy atom. The van der Waals surface area contributed by atoms with Crippen LogP contribution >= 0.6 is 0 Å². The smallest absolute Gasteiger partial charge is 0.143 e. The van der Waals surface area contributed by atoms with E-state index in [1.54, 1.807) is 0 Å².